The predicted molar refractivity (Wildman–Crippen MR) is 225 cm³/mol. The molecule has 0 bridgehead atoms. The Morgan fingerprint density at radius 3 is 1.85 bits per heavy atom. The van der Waals surface area contributed by atoms with Crippen molar-refractivity contribution in [1.82, 2.24) is 9.13 Å². The number of nitrogens with zero attached hydrogens (tertiary/aromatic N) is 2. The van der Waals surface area contributed by atoms with Gasteiger partial charge in [0.05, 0.1) is 22.1 Å². The van der Waals surface area contributed by atoms with Gasteiger partial charge in [0.1, 0.15) is 5.58 Å². The van der Waals surface area contributed by atoms with Crippen LogP contribution in [0.3, 0.4) is 0 Å². The summed E-state index contributed by atoms with van der Waals surface area (Å²) in [7, 11) is 0. The first-order valence-electron chi connectivity index (χ1n) is 18.8. The summed E-state index contributed by atoms with van der Waals surface area (Å²) in [6.07, 6.45) is 0. The van der Waals surface area contributed by atoms with Crippen LogP contribution in [0.4, 0.5) is 0 Å². The molecule has 1 aliphatic rings. The zero-order valence-corrected chi connectivity index (χ0v) is 30.0. The van der Waals surface area contributed by atoms with Crippen LogP contribution in [-0.2, 0) is 5.41 Å². The van der Waals surface area contributed by atoms with Crippen LogP contribution >= 0.6 is 0 Å². The quantitative estimate of drug-likeness (QED) is 0.181. The minimum absolute atomic E-state index is 0.140. The maximum absolute atomic E-state index is 6.65. The molecule has 0 saturated carbocycles. The smallest absolute Gasteiger partial charge is 0.160 e. The Morgan fingerprint density at radius 1 is 0.426 bits per heavy atom. The van der Waals surface area contributed by atoms with E-state index in [4.69, 9.17) is 4.42 Å². The first-order chi connectivity index (χ1) is 26.6. The normalized spacial score (nSPS) is 13.5. The highest BCUT2D eigenvalue weighted by Gasteiger charge is 2.38. The number of aromatic nitrogens is 2. The molecule has 1 aliphatic carbocycles. The third kappa shape index (κ3) is 3.85. The van der Waals surface area contributed by atoms with Gasteiger partial charge in [0.2, 0.25) is 0 Å². The first-order valence-corrected chi connectivity index (χ1v) is 18.8. The highest BCUT2D eigenvalue weighted by Crippen LogP contribution is 2.53. The average molecular weight is 691 g/mol. The molecule has 0 saturated heterocycles. The van der Waals surface area contributed by atoms with Gasteiger partial charge in [-0.3, -0.25) is 0 Å². The van der Waals surface area contributed by atoms with E-state index >= 15 is 0 Å². The fourth-order valence-corrected chi connectivity index (χ4v) is 9.69. The van der Waals surface area contributed by atoms with Crippen molar-refractivity contribution in [2.45, 2.75) is 19.3 Å². The Bertz CT molecular complexity index is 3340. The van der Waals surface area contributed by atoms with Crippen molar-refractivity contribution in [2.24, 2.45) is 0 Å². The van der Waals surface area contributed by atoms with E-state index in [-0.39, 0.29) is 5.41 Å². The first kappa shape index (κ1) is 29.7. The molecule has 0 aliphatic heterocycles. The molecule has 0 atom stereocenters. The molecule has 3 heterocycles. The van der Waals surface area contributed by atoms with E-state index in [1.54, 1.807) is 0 Å². The van der Waals surface area contributed by atoms with E-state index in [9.17, 15) is 0 Å². The Kier molecular flexibility index (Phi) is 5.84. The van der Waals surface area contributed by atoms with Gasteiger partial charge < -0.3 is 13.6 Å². The number of para-hydroxylation sites is 3. The Labute approximate surface area is 311 Å². The van der Waals surface area contributed by atoms with Crippen molar-refractivity contribution in [1.29, 1.82) is 0 Å². The third-order valence-electron chi connectivity index (χ3n) is 12.1. The molecule has 12 rings (SSSR count). The van der Waals surface area contributed by atoms with E-state index in [2.05, 4.69) is 187 Å². The predicted octanol–water partition coefficient (Wildman–Crippen LogP) is 13.8. The van der Waals surface area contributed by atoms with Crippen molar-refractivity contribution < 1.29 is 4.42 Å². The lowest BCUT2D eigenvalue weighted by atomic mass is 9.81. The molecule has 0 N–H and O–H groups in total. The van der Waals surface area contributed by atoms with Crippen LogP contribution in [0.25, 0.3) is 99.2 Å². The van der Waals surface area contributed by atoms with Crippen LogP contribution in [-0.4, -0.2) is 9.13 Å². The molecular weight excluding hydrogens is 657 g/mol. The SMILES string of the molecule is CC1(C)c2ccccc2-c2ccc3c4ccc(-c5ccc6c(c5)c5ccc7c8ccccc8oc7c5n6-c5ccccc5)cc4n(-c4ccccc4)c3c21. The van der Waals surface area contributed by atoms with Crippen LogP contribution in [0.15, 0.2) is 174 Å². The molecule has 3 aromatic heterocycles. The number of fused-ring (bicyclic) bond motifs is 14. The van der Waals surface area contributed by atoms with Crippen LogP contribution in [0.2, 0.25) is 0 Å². The van der Waals surface area contributed by atoms with Gasteiger partial charge in [-0.05, 0) is 88.0 Å². The fourth-order valence-electron chi connectivity index (χ4n) is 9.69. The van der Waals surface area contributed by atoms with Gasteiger partial charge in [0, 0.05) is 49.1 Å². The van der Waals surface area contributed by atoms with E-state index in [1.807, 2.05) is 6.07 Å². The van der Waals surface area contributed by atoms with E-state index in [1.165, 1.54) is 71.6 Å². The number of benzene rings is 8. The monoisotopic (exact) mass is 690 g/mol. The van der Waals surface area contributed by atoms with Gasteiger partial charge in [0.25, 0.3) is 0 Å². The second kappa shape index (κ2) is 10.6. The maximum atomic E-state index is 6.65. The summed E-state index contributed by atoms with van der Waals surface area (Å²) in [4.78, 5) is 0. The average Bonchev–Trinajstić information content (AvgIpc) is 3.93. The minimum atomic E-state index is -0.140. The van der Waals surface area contributed by atoms with Gasteiger partial charge in [-0.25, -0.2) is 0 Å². The van der Waals surface area contributed by atoms with Gasteiger partial charge in [0.15, 0.2) is 5.58 Å². The van der Waals surface area contributed by atoms with Crippen molar-refractivity contribution in [2.75, 3.05) is 0 Å². The second-order valence-electron chi connectivity index (χ2n) is 15.3. The van der Waals surface area contributed by atoms with Crippen LogP contribution < -0.4 is 0 Å². The summed E-state index contributed by atoms with van der Waals surface area (Å²) in [5.41, 5.74) is 16.6. The van der Waals surface area contributed by atoms with Gasteiger partial charge >= 0.3 is 0 Å². The Balaban J connectivity index is 1.13. The number of hydrogen-bond acceptors (Lipinski definition) is 1. The minimum Gasteiger partial charge on any atom is -0.454 e. The van der Waals surface area contributed by atoms with E-state index < -0.39 is 0 Å². The van der Waals surface area contributed by atoms with Gasteiger partial charge in [-0.15, -0.1) is 0 Å². The Morgan fingerprint density at radius 2 is 1.04 bits per heavy atom. The largest absolute Gasteiger partial charge is 0.454 e. The molecule has 0 radical (unpaired) electrons. The van der Waals surface area contributed by atoms with Gasteiger partial charge in [-0.2, -0.15) is 0 Å². The van der Waals surface area contributed by atoms with Crippen molar-refractivity contribution in [3.05, 3.63) is 181 Å². The lowest BCUT2D eigenvalue weighted by Crippen LogP contribution is -2.16. The Hall–Kier alpha value is -6.84. The maximum Gasteiger partial charge on any atom is 0.160 e. The summed E-state index contributed by atoms with van der Waals surface area (Å²) >= 11 is 0. The molecule has 0 spiro atoms. The summed E-state index contributed by atoms with van der Waals surface area (Å²) in [6.45, 7) is 4.77. The summed E-state index contributed by atoms with van der Waals surface area (Å²) in [6, 6.07) is 62.0. The number of rotatable bonds is 3. The summed E-state index contributed by atoms with van der Waals surface area (Å²) < 4.78 is 11.5. The molecule has 0 unspecified atom stereocenters. The van der Waals surface area contributed by atoms with Crippen LogP contribution in [0, 0.1) is 0 Å². The molecule has 54 heavy (non-hydrogen) atoms. The summed E-state index contributed by atoms with van der Waals surface area (Å²) in [5.74, 6) is 0. The molecule has 8 aromatic carbocycles. The molecule has 0 fully saturated rings. The lowest BCUT2D eigenvalue weighted by Gasteiger charge is -2.23. The molecule has 3 heteroatoms. The second-order valence-corrected chi connectivity index (χ2v) is 15.3. The fraction of sp³-hybridized carbons (Fsp3) is 0.0588. The highest BCUT2D eigenvalue weighted by molar-refractivity contribution is 6.22. The van der Waals surface area contributed by atoms with Crippen LogP contribution in [0.5, 0.6) is 0 Å². The molecular formula is C51H34N2O. The third-order valence-corrected chi connectivity index (χ3v) is 12.1. The van der Waals surface area contributed by atoms with E-state index in [0.29, 0.717) is 0 Å². The highest BCUT2D eigenvalue weighted by atomic mass is 16.3. The van der Waals surface area contributed by atoms with Crippen molar-refractivity contribution in [3.63, 3.8) is 0 Å². The van der Waals surface area contributed by atoms with E-state index in [0.717, 1.165) is 38.7 Å². The standard InChI is InChI=1S/C51H34N2O/c1-51(2)43-19-11-9-17-35(43)38-24-25-39-36-23-21-32(30-45(36)53(48(39)47(38)51)34-15-7-4-8-16-34)31-22-28-44-42(29-31)40-26-27-41-37-18-10-12-20-46(37)54-50(41)49(40)52(44)33-13-5-3-6-14-33/h3-30H,1-2H3. The zero-order valence-electron chi connectivity index (χ0n) is 30.0. The molecule has 0 amide bonds. The number of hydrogen-bond donors (Lipinski definition) is 0. The molecule has 254 valence electrons. The van der Waals surface area contributed by atoms with Crippen LogP contribution in [0.1, 0.15) is 25.0 Å². The topological polar surface area (TPSA) is 23.0 Å². The summed E-state index contributed by atoms with van der Waals surface area (Å²) in [5, 5.41) is 7.21. The van der Waals surface area contributed by atoms with Gasteiger partial charge in [-0.1, -0.05) is 129 Å². The number of furan rings is 1. The molecule has 11 aromatic rings. The molecule has 3 nitrogen and oxygen atoms in total. The van der Waals surface area contributed by atoms with Crippen molar-refractivity contribution in [3.8, 4) is 33.6 Å². The zero-order chi connectivity index (χ0) is 35.7. The lowest BCUT2D eigenvalue weighted by molar-refractivity contribution is 0.664. The van der Waals surface area contributed by atoms with Crippen molar-refractivity contribution >= 4 is 65.6 Å².